The van der Waals surface area contributed by atoms with Gasteiger partial charge in [0.15, 0.2) is 4.38 Å². The number of nitriles is 1. The van der Waals surface area contributed by atoms with Crippen LogP contribution in [-0.2, 0) is 5.75 Å². The van der Waals surface area contributed by atoms with E-state index in [2.05, 4.69) is 16.6 Å². The smallest absolute Gasteiger partial charge is 0.152 e. The van der Waals surface area contributed by atoms with Gasteiger partial charge in [-0.2, -0.15) is 10.4 Å². The number of hydrogen-bond donors (Lipinski definition) is 1. The second-order valence-corrected chi connectivity index (χ2v) is 5.07. The Bertz CT molecular complexity index is 423. The summed E-state index contributed by atoms with van der Waals surface area (Å²) in [5, 5.41) is 13.0. The first-order valence-corrected chi connectivity index (χ1v) is 6.41. The fourth-order valence-electron chi connectivity index (χ4n) is 1.19. The van der Waals surface area contributed by atoms with E-state index in [1.807, 2.05) is 24.3 Å². The van der Waals surface area contributed by atoms with E-state index in [1.54, 1.807) is 23.5 Å². The first kappa shape index (κ1) is 10.4. The number of hydrogen-bond acceptors (Lipinski definition) is 5. The van der Waals surface area contributed by atoms with Crippen molar-refractivity contribution in [1.29, 1.82) is 5.26 Å². The van der Waals surface area contributed by atoms with E-state index < -0.39 is 0 Å². The number of nitrogens with one attached hydrogen (secondary N) is 1. The van der Waals surface area contributed by atoms with Crippen molar-refractivity contribution < 1.29 is 0 Å². The quantitative estimate of drug-likeness (QED) is 0.855. The third-order valence-corrected chi connectivity index (χ3v) is 4.03. The first-order chi connectivity index (χ1) is 7.40. The summed E-state index contributed by atoms with van der Waals surface area (Å²) in [5.74, 6) is 1.65. The minimum Gasteiger partial charge on any atom is -0.298 e. The molecule has 0 radical (unpaired) electrons. The maximum Gasteiger partial charge on any atom is 0.152 e. The average Bonchev–Trinajstić information content (AvgIpc) is 2.79. The summed E-state index contributed by atoms with van der Waals surface area (Å²) in [5.41, 5.74) is 4.72. The molecule has 1 aliphatic heterocycles. The monoisotopic (exact) mass is 235 g/mol. The summed E-state index contributed by atoms with van der Waals surface area (Å²) in [6, 6.07) is 9.87. The average molecular weight is 235 g/mol. The largest absolute Gasteiger partial charge is 0.298 e. The van der Waals surface area contributed by atoms with Crippen LogP contribution in [0.2, 0.25) is 0 Å². The number of benzene rings is 1. The van der Waals surface area contributed by atoms with Gasteiger partial charge in [-0.15, -0.1) is 0 Å². The van der Waals surface area contributed by atoms with Crippen LogP contribution in [0.15, 0.2) is 29.4 Å². The molecule has 0 amide bonds. The van der Waals surface area contributed by atoms with Gasteiger partial charge in [0.2, 0.25) is 0 Å². The van der Waals surface area contributed by atoms with E-state index in [1.165, 1.54) is 0 Å². The molecule has 1 N–H and O–H groups in total. The lowest BCUT2D eigenvalue weighted by Gasteiger charge is -2.01. The first-order valence-electron chi connectivity index (χ1n) is 4.44. The minimum atomic E-state index is 0.751. The van der Waals surface area contributed by atoms with E-state index in [9.17, 15) is 0 Å². The molecule has 2 rings (SSSR count). The molecule has 0 aromatic heterocycles. The lowest BCUT2D eigenvalue weighted by atomic mass is 10.1. The number of hydrazone groups is 1. The van der Waals surface area contributed by atoms with Gasteiger partial charge < -0.3 is 0 Å². The highest BCUT2D eigenvalue weighted by Gasteiger charge is 2.08. The van der Waals surface area contributed by atoms with Gasteiger partial charge in [-0.1, -0.05) is 41.7 Å². The number of thioether (sulfide) groups is 2. The highest BCUT2D eigenvalue weighted by Crippen LogP contribution is 2.24. The van der Waals surface area contributed by atoms with Crippen molar-refractivity contribution >= 4 is 27.9 Å². The van der Waals surface area contributed by atoms with Crippen molar-refractivity contribution in [2.75, 3.05) is 5.88 Å². The van der Waals surface area contributed by atoms with Crippen LogP contribution in [0.4, 0.5) is 0 Å². The van der Waals surface area contributed by atoms with E-state index in [4.69, 9.17) is 5.26 Å². The van der Waals surface area contributed by atoms with Gasteiger partial charge in [-0.05, 0) is 11.6 Å². The van der Waals surface area contributed by atoms with Crippen LogP contribution in [0.1, 0.15) is 11.1 Å². The fourth-order valence-corrected chi connectivity index (χ4v) is 2.92. The summed E-state index contributed by atoms with van der Waals surface area (Å²) in [4.78, 5) is 0. The van der Waals surface area contributed by atoms with E-state index in [0.29, 0.717) is 0 Å². The zero-order chi connectivity index (χ0) is 10.5. The van der Waals surface area contributed by atoms with Gasteiger partial charge in [0.25, 0.3) is 0 Å². The molecule has 76 valence electrons. The zero-order valence-electron chi connectivity index (χ0n) is 7.93. The Hall–Kier alpha value is -1.12. The SMILES string of the molecule is N#Cc1ccccc1CSC1=NNCS1. The topological polar surface area (TPSA) is 48.2 Å². The molecule has 15 heavy (non-hydrogen) atoms. The van der Waals surface area contributed by atoms with Crippen LogP contribution >= 0.6 is 23.5 Å². The highest BCUT2D eigenvalue weighted by molar-refractivity contribution is 8.38. The Balaban J connectivity index is 2.01. The van der Waals surface area contributed by atoms with Crippen LogP contribution in [0.25, 0.3) is 0 Å². The lowest BCUT2D eigenvalue weighted by molar-refractivity contribution is 0.895. The molecule has 1 aliphatic rings. The van der Waals surface area contributed by atoms with Gasteiger partial charge >= 0.3 is 0 Å². The third kappa shape index (κ3) is 2.67. The molecular formula is C10H9N3S2. The van der Waals surface area contributed by atoms with E-state index in [-0.39, 0.29) is 0 Å². The predicted octanol–water partition coefficient (Wildman–Crippen LogP) is 2.36. The van der Waals surface area contributed by atoms with Crippen molar-refractivity contribution in [3.05, 3.63) is 35.4 Å². The molecule has 0 bridgehead atoms. The van der Waals surface area contributed by atoms with Gasteiger partial charge in [0.1, 0.15) is 0 Å². The van der Waals surface area contributed by atoms with Gasteiger partial charge in [-0.25, -0.2) is 0 Å². The molecule has 1 aromatic rings. The van der Waals surface area contributed by atoms with Crippen molar-refractivity contribution in [3.8, 4) is 6.07 Å². The second-order valence-electron chi connectivity index (χ2n) is 2.88. The molecular weight excluding hydrogens is 226 g/mol. The molecule has 0 aliphatic carbocycles. The molecule has 3 nitrogen and oxygen atoms in total. The molecule has 5 heteroatoms. The molecule has 0 unspecified atom stereocenters. The molecule has 0 saturated carbocycles. The minimum absolute atomic E-state index is 0.751. The van der Waals surface area contributed by atoms with Crippen LogP contribution in [0.3, 0.4) is 0 Å². The van der Waals surface area contributed by atoms with Gasteiger partial charge in [0, 0.05) is 5.75 Å². The summed E-state index contributed by atoms with van der Waals surface area (Å²) in [6.45, 7) is 0. The van der Waals surface area contributed by atoms with E-state index >= 15 is 0 Å². The van der Waals surface area contributed by atoms with Crippen molar-refractivity contribution in [1.82, 2.24) is 5.43 Å². The maximum absolute atomic E-state index is 8.90. The van der Waals surface area contributed by atoms with Crippen LogP contribution in [-0.4, -0.2) is 10.3 Å². The van der Waals surface area contributed by atoms with Gasteiger partial charge in [0.05, 0.1) is 17.5 Å². The fraction of sp³-hybridized carbons (Fsp3) is 0.200. The summed E-state index contributed by atoms with van der Waals surface area (Å²) in [7, 11) is 0. The Labute approximate surface area is 96.9 Å². The second kappa shape index (κ2) is 5.10. The molecule has 0 fully saturated rings. The predicted molar refractivity (Wildman–Crippen MR) is 65.5 cm³/mol. The Morgan fingerprint density at radius 2 is 2.40 bits per heavy atom. The van der Waals surface area contributed by atoms with Crippen molar-refractivity contribution in [2.24, 2.45) is 5.10 Å². The Kier molecular flexibility index (Phi) is 3.54. The van der Waals surface area contributed by atoms with Gasteiger partial charge in [-0.3, -0.25) is 5.43 Å². The zero-order valence-corrected chi connectivity index (χ0v) is 9.57. The van der Waals surface area contributed by atoms with Crippen LogP contribution in [0, 0.1) is 11.3 Å². The highest BCUT2D eigenvalue weighted by atomic mass is 32.2. The Morgan fingerprint density at radius 1 is 1.53 bits per heavy atom. The summed E-state index contributed by atoms with van der Waals surface area (Å²) >= 11 is 3.36. The number of nitrogens with zero attached hydrogens (tertiary/aromatic N) is 2. The molecule has 0 saturated heterocycles. The molecule has 1 heterocycles. The maximum atomic E-state index is 8.90. The molecule has 0 spiro atoms. The third-order valence-electron chi connectivity index (χ3n) is 1.92. The van der Waals surface area contributed by atoms with E-state index in [0.717, 1.165) is 27.1 Å². The normalized spacial score (nSPS) is 14.2. The van der Waals surface area contributed by atoms with Crippen LogP contribution < -0.4 is 5.43 Å². The van der Waals surface area contributed by atoms with Crippen LogP contribution in [0.5, 0.6) is 0 Å². The van der Waals surface area contributed by atoms with Crippen molar-refractivity contribution in [3.63, 3.8) is 0 Å². The molecule has 1 aromatic carbocycles. The van der Waals surface area contributed by atoms with Crippen molar-refractivity contribution in [2.45, 2.75) is 5.75 Å². The Morgan fingerprint density at radius 3 is 3.13 bits per heavy atom. The molecule has 0 atom stereocenters. The standard InChI is InChI=1S/C10H9N3S2/c11-5-8-3-1-2-4-9(8)6-14-10-13-12-7-15-10/h1-4,12H,6-7H2. The summed E-state index contributed by atoms with van der Waals surface area (Å²) in [6.07, 6.45) is 0. The summed E-state index contributed by atoms with van der Waals surface area (Å²) < 4.78 is 1.04. The number of rotatable bonds is 2. The lowest BCUT2D eigenvalue weighted by Crippen LogP contribution is -1.93.